The van der Waals surface area contributed by atoms with Crippen molar-refractivity contribution in [3.63, 3.8) is 0 Å². The largest absolute Gasteiger partial charge is 0.324 e. The second-order valence-corrected chi connectivity index (χ2v) is 5.54. The average Bonchev–Trinajstić information content (AvgIpc) is 2.36. The van der Waals surface area contributed by atoms with Gasteiger partial charge in [0.05, 0.1) is 0 Å². The van der Waals surface area contributed by atoms with Gasteiger partial charge in [0.2, 0.25) is 0 Å². The van der Waals surface area contributed by atoms with Crippen molar-refractivity contribution < 1.29 is 8.78 Å². The fourth-order valence-electron chi connectivity index (χ4n) is 1.85. The van der Waals surface area contributed by atoms with Gasteiger partial charge < -0.3 is 5.73 Å². The Morgan fingerprint density at radius 1 is 1.16 bits per heavy atom. The highest BCUT2D eigenvalue weighted by atomic mass is 79.9. The second kappa shape index (κ2) is 5.99. The molecule has 1 nitrogen and oxygen atoms in total. The molecule has 0 fully saturated rings. The molecule has 19 heavy (non-hydrogen) atoms. The predicted octanol–water partition coefficient (Wildman–Crippen LogP) is 4.62. The molecule has 0 saturated heterocycles. The lowest BCUT2D eigenvalue weighted by Crippen LogP contribution is -2.15. The summed E-state index contributed by atoms with van der Waals surface area (Å²) in [5.74, 6) is -0.774. The molecular formula is C14H11BrClF2N. The molecule has 1 unspecified atom stereocenters. The van der Waals surface area contributed by atoms with Gasteiger partial charge in [-0.3, -0.25) is 0 Å². The summed E-state index contributed by atoms with van der Waals surface area (Å²) in [4.78, 5) is 0. The number of hydrogen-bond donors (Lipinski definition) is 1. The molecule has 0 amide bonds. The first kappa shape index (κ1) is 14.4. The summed E-state index contributed by atoms with van der Waals surface area (Å²) < 4.78 is 27.6. The minimum Gasteiger partial charge on any atom is -0.324 e. The zero-order valence-corrected chi connectivity index (χ0v) is 12.2. The Morgan fingerprint density at radius 2 is 1.89 bits per heavy atom. The lowest BCUT2D eigenvalue weighted by atomic mass is 9.99. The van der Waals surface area contributed by atoms with Crippen LogP contribution in [0.4, 0.5) is 8.78 Å². The van der Waals surface area contributed by atoms with Crippen molar-refractivity contribution in [1.82, 2.24) is 0 Å². The van der Waals surface area contributed by atoms with Gasteiger partial charge in [0.25, 0.3) is 0 Å². The molecule has 5 heteroatoms. The van der Waals surface area contributed by atoms with Gasteiger partial charge >= 0.3 is 0 Å². The molecule has 0 bridgehead atoms. The highest BCUT2D eigenvalue weighted by Gasteiger charge is 2.14. The monoisotopic (exact) mass is 345 g/mol. The van der Waals surface area contributed by atoms with E-state index in [1.807, 2.05) is 0 Å². The summed E-state index contributed by atoms with van der Waals surface area (Å²) in [5, 5.41) is 0.423. The molecule has 2 rings (SSSR count). The Balaban J connectivity index is 2.27. The molecule has 0 radical (unpaired) electrons. The number of nitrogens with two attached hydrogens (primary N) is 1. The zero-order valence-electron chi connectivity index (χ0n) is 9.84. The first-order valence-electron chi connectivity index (χ1n) is 5.62. The van der Waals surface area contributed by atoms with Crippen LogP contribution in [0.2, 0.25) is 5.02 Å². The number of halogens is 4. The van der Waals surface area contributed by atoms with Crippen molar-refractivity contribution in [3.05, 3.63) is 68.7 Å². The third kappa shape index (κ3) is 3.53. The maximum absolute atomic E-state index is 13.7. The SMILES string of the molecule is NC(Cc1cc(F)ccc1Cl)c1cc(Br)ccc1F. The standard InChI is InChI=1S/C14H11BrClF2N/c15-9-1-4-13(18)11(7-9)14(19)6-8-5-10(17)2-3-12(8)16/h1-5,7,14H,6,19H2. The summed E-state index contributed by atoms with van der Waals surface area (Å²) in [6.45, 7) is 0. The van der Waals surface area contributed by atoms with Crippen LogP contribution in [0.1, 0.15) is 17.2 Å². The summed E-state index contributed by atoms with van der Waals surface area (Å²) >= 11 is 9.24. The van der Waals surface area contributed by atoms with Crippen molar-refractivity contribution in [3.8, 4) is 0 Å². The van der Waals surface area contributed by atoms with Gasteiger partial charge in [0, 0.05) is 21.1 Å². The maximum Gasteiger partial charge on any atom is 0.128 e. The molecule has 2 aromatic rings. The molecule has 0 saturated carbocycles. The minimum atomic E-state index is -0.586. The molecule has 0 aliphatic carbocycles. The van der Waals surface area contributed by atoms with E-state index in [9.17, 15) is 8.78 Å². The van der Waals surface area contributed by atoms with E-state index in [2.05, 4.69) is 15.9 Å². The normalized spacial score (nSPS) is 12.5. The van der Waals surface area contributed by atoms with Crippen molar-refractivity contribution in [2.24, 2.45) is 5.73 Å². The van der Waals surface area contributed by atoms with Gasteiger partial charge in [-0.15, -0.1) is 0 Å². The highest BCUT2D eigenvalue weighted by molar-refractivity contribution is 9.10. The Bertz CT molecular complexity index is 604. The Kier molecular flexibility index (Phi) is 4.55. The van der Waals surface area contributed by atoms with E-state index in [0.717, 1.165) is 4.47 Å². The Morgan fingerprint density at radius 3 is 2.63 bits per heavy atom. The van der Waals surface area contributed by atoms with Crippen LogP contribution in [0.3, 0.4) is 0 Å². The van der Waals surface area contributed by atoms with Crippen molar-refractivity contribution in [1.29, 1.82) is 0 Å². The fraction of sp³-hybridized carbons (Fsp3) is 0.143. The van der Waals surface area contributed by atoms with Crippen LogP contribution in [0.15, 0.2) is 40.9 Å². The van der Waals surface area contributed by atoms with Crippen LogP contribution in [-0.4, -0.2) is 0 Å². The topological polar surface area (TPSA) is 26.0 Å². The highest BCUT2D eigenvalue weighted by Crippen LogP contribution is 2.26. The third-order valence-corrected chi connectivity index (χ3v) is 3.67. The summed E-state index contributed by atoms with van der Waals surface area (Å²) in [6, 6.07) is 8.03. The van der Waals surface area contributed by atoms with E-state index in [-0.39, 0.29) is 18.1 Å². The first-order chi connectivity index (χ1) is 8.97. The Labute approximate surface area is 123 Å². The smallest absolute Gasteiger partial charge is 0.128 e. The van der Waals surface area contributed by atoms with Crippen molar-refractivity contribution in [2.45, 2.75) is 12.5 Å². The van der Waals surface area contributed by atoms with Gasteiger partial charge in [-0.25, -0.2) is 8.78 Å². The molecule has 0 aliphatic heterocycles. The van der Waals surface area contributed by atoms with Gasteiger partial charge in [-0.2, -0.15) is 0 Å². The molecule has 1 atom stereocenters. The lowest BCUT2D eigenvalue weighted by Gasteiger charge is -2.14. The van der Waals surface area contributed by atoms with Crippen LogP contribution in [0.5, 0.6) is 0 Å². The van der Waals surface area contributed by atoms with Gasteiger partial charge in [0.1, 0.15) is 11.6 Å². The zero-order chi connectivity index (χ0) is 14.0. The lowest BCUT2D eigenvalue weighted by molar-refractivity contribution is 0.578. The van der Waals surface area contributed by atoms with Gasteiger partial charge in [-0.1, -0.05) is 27.5 Å². The summed E-state index contributed by atoms with van der Waals surface area (Å²) in [5.41, 5.74) is 6.91. The van der Waals surface area contributed by atoms with Crippen LogP contribution in [-0.2, 0) is 6.42 Å². The van der Waals surface area contributed by atoms with E-state index in [0.29, 0.717) is 16.1 Å². The summed E-state index contributed by atoms with van der Waals surface area (Å²) in [7, 11) is 0. The number of rotatable bonds is 3. The third-order valence-electron chi connectivity index (χ3n) is 2.81. The van der Waals surface area contributed by atoms with Crippen molar-refractivity contribution >= 4 is 27.5 Å². The van der Waals surface area contributed by atoms with E-state index in [4.69, 9.17) is 17.3 Å². The fourth-order valence-corrected chi connectivity index (χ4v) is 2.42. The predicted molar refractivity (Wildman–Crippen MR) is 76.1 cm³/mol. The molecular weight excluding hydrogens is 336 g/mol. The minimum absolute atomic E-state index is 0.268. The van der Waals surface area contributed by atoms with Gasteiger partial charge in [-0.05, 0) is 48.4 Å². The molecule has 0 spiro atoms. The molecule has 100 valence electrons. The van der Waals surface area contributed by atoms with Crippen LogP contribution >= 0.6 is 27.5 Å². The Hall–Kier alpha value is -0.970. The van der Waals surface area contributed by atoms with E-state index in [1.165, 1.54) is 24.3 Å². The maximum atomic E-state index is 13.7. The second-order valence-electron chi connectivity index (χ2n) is 4.21. The van der Waals surface area contributed by atoms with E-state index >= 15 is 0 Å². The van der Waals surface area contributed by atoms with Gasteiger partial charge in [0.15, 0.2) is 0 Å². The van der Waals surface area contributed by atoms with Crippen LogP contribution < -0.4 is 5.73 Å². The van der Waals surface area contributed by atoms with Crippen LogP contribution in [0.25, 0.3) is 0 Å². The molecule has 0 aromatic heterocycles. The van der Waals surface area contributed by atoms with E-state index in [1.54, 1.807) is 12.1 Å². The molecule has 2 N–H and O–H groups in total. The average molecular weight is 347 g/mol. The molecule has 0 aliphatic rings. The quantitative estimate of drug-likeness (QED) is 0.862. The van der Waals surface area contributed by atoms with Crippen LogP contribution in [0, 0.1) is 11.6 Å². The first-order valence-corrected chi connectivity index (χ1v) is 6.79. The molecule has 2 aromatic carbocycles. The van der Waals surface area contributed by atoms with E-state index < -0.39 is 6.04 Å². The van der Waals surface area contributed by atoms with Crippen molar-refractivity contribution in [2.75, 3.05) is 0 Å². The number of hydrogen-bond acceptors (Lipinski definition) is 1. The number of benzene rings is 2. The molecule has 0 heterocycles. The summed E-state index contributed by atoms with van der Waals surface area (Å²) in [6.07, 6.45) is 0.268.